The maximum Gasteiger partial charge on any atom is 0.387 e. The molecular formula is C15H19ClF2N2O2. The van der Waals surface area contributed by atoms with Gasteiger partial charge in [0, 0.05) is 17.1 Å². The molecule has 0 bridgehead atoms. The van der Waals surface area contributed by atoms with E-state index in [0.717, 1.165) is 19.3 Å². The first-order chi connectivity index (χ1) is 10.4. The zero-order valence-electron chi connectivity index (χ0n) is 12.1. The fraction of sp³-hybridized carbons (Fsp3) is 0.533. The number of alkyl halides is 2. The van der Waals surface area contributed by atoms with Gasteiger partial charge in [-0.25, -0.2) is 0 Å². The predicted octanol–water partition coefficient (Wildman–Crippen LogP) is 3.22. The van der Waals surface area contributed by atoms with E-state index >= 15 is 0 Å². The Hall–Kier alpha value is -1.40. The molecule has 1 aliphatic rings. The van der Waals surface area contributed by atoms with Crippen molar-refractivity contribution in [3.05, 3.63) is 28.8 Å². The lowest BCUT2D eigenvalue weighted by Gasteiger charge is -2.31. The van der Waals surface area contributed by atoms with E-state index in [9.17, 15) is 13.6 Å². The van der Waals surface area contributed by atoms with Crippen LogP contribution >= 0.6 is 11.6 Å². The van der Waals surface area contributed by atoms with Crippen LogP contribution < -0.4 is 15.8 Å². The maximum absolute atomic E-state index is 12.4. The van der Waals surface area contributed by atoms with Crippen molar-refractivity contribution in [1.29, 1.82) is 0 Å². The van der Waals surface area contributed by atoms with Gasteiger partial charge in [0.15, 0.2) is 0 Å². The lowest BCUT2D eigenvalue weighted by molar-refractivity contribution is -0.127. The van der Waals surface area contributed by atoms with Crippen molar-refractivity contribution < 1.29 is 18.3 Å². The van der Waals surface area contributed by atoms with Crippen LogP contribution in [-0.2, 0) is 11.3 Å². The Balaban J connectivity index is 2.04. The van der Waals surface area contributed by atoms with Gasteiger partial charge in [0.25, 0.3) is 0 Å². The summed E-state index contributed by atoms with van der Waals surface area (Å²) < 4.78 is 29.2. The molecule has 0 heterocycles. The number of ether oxygens (including phenoxy) is 1. The molecule has 3 N–H and O–H groups in total. The summed E-state index contributed by atoms with van der Waals surface area (Å²) in [6.07, 6.45) is 4.18. The molecule has 1 aromatic carbocycles. The SMILES string of the molecule is NC1(C(=O)NCc2cc(Cl)ccc2OC(F)F)CCCCC1. The molecule has 1 fully saturated rings. The molecule has 0 aromatic heterocycles. The molecule has 1 aromatic rings. The minimum Gasteiger partial charge on any atom is -0.434 e. The lowest BCUT2D eigenvalue weighted by atomic mass is 9.82. The van der Waals surface area contributed by atoms with Crippen LogP contribution in [0.25, 0.3) is 0 Å². The van der Waals surface area contributed by atoms with Crippen LogP contribution in [-0.4, -0.2) is 18.1 Å². The highest BCUT2D eigenvalue weighted by atomic mass is 35.5. The zero-order chi connectivity index (χ0) is 16.2. The molecule has 1 saturated carbocycles. The van der Waals surface area contributed by atoms with Gasteiger partial charge in [0.05, 0.1) is 5.54 Å². The monoisotopic (exact) mass is 332 g/mol. The highest BCUT2D eigenvalue weighted by Crippen LogP contribution is 2.27. The molecule has 0 saturated heterocycles. The first kappa shape index (κ1) is 17.0. The predicted molar refractivity (Wildman–Crippen MR) is 79.9 cm³/mol. The van der Waals surface area contributed by atoms with Gasteiger partial charge < -0.3 is 15.8 Å². The highest BCUT2D eigenvalue weighted by molar-refractivity contribution is 6.30. The molecule has 4 nitrogen and oxygen atoms in total. The zero-order valence-corrected chi connectivity index (χ0v) is 12.8. The van der Waals surface area contributed by atoms with Crippen LogP contribution in [0, 0.1) is 0 Å². The van der Waals surface area contributed by atoms with E-state index in [1.54, 1.807) is 0 Å². The number of amides is 1. The number of carbonyl (C=O) groups is 1. The van der Waals surface area contributed by atoms with Crippen molar-refractivity contribution in [3.63, 3.8) is 0 Å². The minimum atomic E-state index is -2.94. The van der Waals surface area contributed by atoms with Crippen LogP contribution in [0.15, 0.2) is 18.2 Å². The van der Waals surface area contributed by atoms with E-state index in [0.29, 0.717) is 23.4 Å². The molecule has 0 atom stereocenters. The van der Waals surface area contributed by atoms with Crippen LogP contribution in [0.1, 0.15) is 37.7 Å². The van der Waals surface area contributed by atoms with Crippen molar-refractivity contribution in [1.82, 2.24) is 5.32 Å². The van der Waals surface area contributed by atoms with Gasteiger partial charge in [-0.1, -0.05) is 30.9 Å². The van der Waals surface area contributed by atoms with Crippen LogP contribution in [0.3, 0.4) is 0 Å². The average Bonchev–Trinajstić information content (AvgIpc) is 2.47. The van der Waals surface area contributed by atoms with E-state index in [1.807, 2.05) is 0 Å². The second-order valence-corrected chi connectivity index (χ2v) is 5.97. The Morgan fingerprint density at radius 3 is 2.68 bits per heavy atom. The Bertz CT molecular complexity index is 534. The summed E-state index contributed by atoms with van der Waals surface area (Å²) in [6.45, 7) is -2.89. The Morgan fingerprint density at radius 1 is 1.36 bits per heavy atom. The van der Waals surface area contributed by atoms with E-state index < -0.39 is 12.2 Å². The molecule has 0 aliphatic heterocycles. The second-order valence-electron chi connectivity index (χ2n) is 5.53. The number of nitrogens with two attached hydrogens (primary N) is 1. The Labute approximate surface area is 133 Å². The molecule has 122 valence electrons. The summed E-state index contributed by atoms with van der Waals surface area (Å²) in [4.78, 5) is 12.3. The smallest absolute Gasteiger partial charge is 0.387 e. The normalized spacial score (nSPS) is 17.3. The highest BCUT2D eigenvalue weighted by Gasteiger charge is 2.35. The van der Waals surface area contributed by atoms with E-state index in [2.05, 4.69) is 10.1 Å². The van der Waals surface area contributed by atoms with Crippen molar-refractivity contribution in [2.45, 2.75) is 50.8 Å². The molecule has 0 unspecified atom stereocenters. The number of nitrogens with one attached hydrogen (secondary N) is 1. The molecule has 2 rings (SSSR count). The third kappa shape index (κ3) is 4.30. The molecule has 22 heavy (non-hydrogen) atoms. The molecule has 0 radical (unpaired) electrons. The summed E-state index contributed by atoms with van der Waals surface area (Å²) in [5.41, 5.74) is 5.64. The fourth-order valence-electron chi connectivity index (χ4n) is 2.66. The van der Waals surface area contributed by atoms with Crippen molar-refractivity contribution >= 4 is 17.5 Å². The van der Waals surface area contributed by atoms with E-state index in [-0.39, 0.29) is 18.2 Å². The maximum atomic E-state index is 12.4. The largest absolute Gasteiger partial charge is 0.434 e. The van der Waals surface area contributed by atoms with Gasteiger partial charge >= 0.3 is 6.61 Å². The number of halogens is 3. The van der Waals surface area contributed by atoms with Crippen LogP contribution in [0.5, 0.6) is 5.75 Å². The van der Waals surface area contributed by atoms with Gasteiger partial charge in [0.2, 0.25) is 5.91 Å². The summed E-state index contributed by atoms with van der Waals surface area (Å²) in [7, 11) is 0. The van der Waals surface area contributed by atoms with E-state index in [4.69, 9.17) is 17.3 Å². The minimum absolute atomic E-state index is 0.00517. The van der Waals surface area contributed by atoms with Crippen LogP contribution in [0.2, 0.25) is 5.02 Å². The van der Waals surface area contributed by atoms with Crippen molar-refractivity contribution in [2.24, 2.45) is 5.73 Å². The Kier molecular flexibility index (Phi) is 5.58. The van der Waals surface area contributed by atoms with Crippen LogP contribution in [0.4, 0.5) is 8.78 Å². The lowest BCUT2D eigenvalue weighted by Crippen LogP contribution is -2.54. The van der Waals surface area contributed by atoms with Gasteiger partial charge in [0.1, 0.15) is 5.75 Å². The topological polar surface area (TPSA) is 64.4 Å². The first-order valence-electron chi connectivity index (χ1n) is 7.21. The molecule has 1 amide bonds. The number of rotatable bonds is 5. The third-order valence-electron chi connectivity index (χ3n) is 3.88. The average molecular weight is 333 g/mol. The molecular weight excluding hydrogens is 314 g/mol. The van der Waals surface area contributed by atoms with Crippen molar-refractivity contribution in [2.75, 3.05) is 0 Å². The summed E-state index contributed by atoms with van der Waals surface area (Å²) >= 11 is 5.86. The number of benzene rings is 1. The number of hydrogen-bond donors (Lipinski definition) is 2. The first-order valence-corrected chi connectivity index (χ1v) is 7.59. The number of carbonyl (C=O) groups excluding carboxylic acids is 1. The Morgan fingerprint density at radius 2 is 2.05 bits per heavy atom. The standard InChI is InChI=1S/C15H19ClF2N2O2/c16-11-4-5-12(22-14(17)18)10(8-11)9-20-13(21)15(19)6-2-1-3-7-15/h4-5,8,14H,1-3,6-7,9,19H2,(H,20,21). The van der Waals surface area contributed by atoms with E-state index in [1.165, 1.54) is 18.2 Å². The summed E-state index contributed by atoms with van der Waals surface area (Å²) in [5.74, 6) is -0.274. The fourth-order valence-corrected chi connectivity index (χ4v) is 2.85. The molecule has 0 spiro atoms. The summed E-state index contributed by atoms with van der Waals surface area (Å²) in [5, 5.41) is 3.08. The van der Waals surface area contributed by atoms with Gasteiger partial charge in [-0.15, -0.1) is 0 Å². The van der Waals surface area contributed by atoms with Gasteiger partial charge in [-0.2, -0.15) is 8.78 Å². The summed E-state index contributed by atoms with van der Waals surface area (Å²) in [6, 6.07) is 4.30. The third-order valence-corrected chi connectivity index (χ3v) is 4.11. The number of hydrogen-bond acceptors (Lipinski definition) is 3. The molecule has 1 aliphatic carbocycles. The molecule has 7 heteroatoms. The van der Waals surface area contributed by atoms with Gasteiger partial charge in [-0.05, 0) is 31.0 Å². The second kappa shape index (κ2) is 7.24. The van der Waals surface area contributed by atoms with Crippen molar-refractivity contribution in [3.8, 4) is 5.75 Å². The quantitative estimate of drug-likeness (QED) is 0.870. The van der Waals surface area contributed by atoms with Gasteiger partial charge in [-0.3, -0.25) is 4.79 Å².